The highest BCUT2D eigenvalue weighted by molar-refractivity contribution is 9.10. The van der Waals surface area contributed by atoms with Gasteiger partial charge < -0.3 is 10.2 Å². The van der Waals surface area contributed by atoms with Crippen molar-refractivity contribution in [3.05, 3.63) is 52.6 Å². The molecule has 21 heavy (non-hydrogen) atoms. The molecule has 110 valence electrons. The van der Waals surface area contributed by atoms with Gasteiger partial charge in [0.25, 0.3) is 0 Å². The molecule has 0 bridgehead atoms. The lowest BCUT2D eigenvalue weighted by molar-refractivity contribution is 0.523. The molecule has 0 radical (unpaired) electrons. The number of hydrogen-bond acceptors (Lipinski definition) is 3. The minimum absolute atomic E-state index is 0.546. The van der Waals surface area contributed by atoms with Crippen LogP contribution < -0.4 is 10.2 Å². The summed E-state index contributed by atoms with van der Waals surface area (Å²) < 4.78 is 1.13. The molecule has 0 saturated carbocycles. The first-order chi connectivity index (χ1) is 10.2. The van der Waals surface area contributed by atoms with Crippen molar-refractivity contribution in [3.8, 4) is 0 Å². The standard InChI is InChI=1S/C17H20BrN3/c1-13-12-14(18)5-6-16(13)20-15-7-10-21(11-8-15)17-4-2-3-9-19-17/h2-6,9,12,15,20H,7-8,10-11H2,1H3. The first-order valence-electron chi connectivity index (χ1n) is 7.41. The molecule has 1 aliphatic rings. The van der Waals surface area contributed by atoms with Crippen molar-refractivity contribution in [2.24, 2.45) is 0 Å². The zero-order valence-electron chi connectivity index (χ0n) is 12.2. The minimum Gasteiger partial charge on any atom is -0.382 e. The Kier molecular flexibility index (Phi) is 4.44. The van der Waals surface area contributed by atoms with E-state index in [2.05, 4.69) is 68.4 Å². The minimum atomic E-state index is 0.546. The van der Waals surface area contributed by atoms with Gasteiger partial charge in [0, 0.05) is 35.5 Å². The van der Waals surface area contributed by atoms with E-state index in [1.165, 1.54) is 11.3 Å². The van der Waals surface area contributed by atoms with Crippen molar-refractivity contribution in [1.29, 1.82) is 0 Å². The van der Waals surface area contributed by atoms with Gasteiger partial charge in [0.05, 0.1) is 0 Å². The van der Waals surface area contributed by atoms with Crippen LogP contribution in [-0.2, 0) is 0 Å². The Morgan fingerprint density at radius 1 is 1.19 bits per heavy atom. The van der Waals surface area contributed by atoms with Crippen LogP contribution in [0.1, 0.15) is 18.4 Å². The Bertz CT molecular complexity index is 592. The number of nitrogens with one attached hydrogen (secondary N) is 1. The lowest BCUT2D eigenvalue weighted by Crippen LogP contribution is -2.39. The van der Waals surface area contributed by atoms with Gasteiger partial charge in [0.2, 0.25) is 0 Å². The van der Waals surface area contributed by atoms with Crippen molar-refractivity contribution < 1.29 is 0 Å². The molecule has 1 aliphatic heterocycles. The van der Waals surface area contributed by atoms with Crippen LogP contribution in [0, 0.1) is 6.92 Å². The summed E-state index contributed by atoms with van der Waals surface area (Å²) in [4.78, 5) is 6.80. The molecule has 0 spiro atoms. The smallest absolute Gasteiger partial charge is 0.128 e. The van der Waals surface area contributed by atoms with E-state index < -0.39 is 0 Å². The molecule has 1 saturated heterocycles. The lowest BCUT2D eigenvalue weighted by atomic mass is 10.0. The Morgan fingerprint density at radius 2 is 2.00 bits per heavy atom. The number of nitrogens with zero attached hydrogens (tertiary/aromatic N) is 2. The van der Waals surface area contributed by atoms with E-state index in [-0.39, 0.29) is 0 Å². The van der Waals surface area contributed by atoms with Crippen LogP contribution in [-0.4, -0.2) is 24.1 Å². The largest absolute Gasteiger partial charge is 0.382 e. The van der Waals surface area contributed by atoms with Crippen molar-refractivity contribution in [2.45, 2.75) is 25.8 Å². The third kappa shape index (κ3) is 3.56. The summed E-state index contributed by atoms with van der Waals surface area (Å²) >= 11 is 3.51. The number of aromatic nitrogens is 1. The second-order valence-electron chi connectivity index (χ2n) is 5.55. The summed E-state index contributed by atoms with van der Waals surface area (Å²) in [6, 6.07) is 13.1. The van der Waals surface area contributed by atoms with Crippen molar-refractivity contribution in [1.82, 2.24) is 4.98 Å². The van der Waals surface area contributed by atoms with Gasteiger partial charge in [-0.25, -0.2) is 4.98 Å². The fraction of sp³-hybridized carbons (Fsp3) is 0.353. The van der Waals surface area contributed by atoms with E-state index in [0.29, 0.717) is 6.04 Å². The van der Waals surface area contributed by atoms with Gasteiger partial charge >= 0.3 is 0 Å². The van der Waals surface area contributed by atoms with Crippen LogP contribution in [0.4, 0.5) is 11.5 Å². The molecule has 4 heteroatoms. The maximum atomic E-state index is 4.44. The highest BCUT2D eigenvalue weighted by Gasteiger charge is 2.20. The van der Waals surface area contributed by atoms with Crippen molar-refractivity contribution in [3.63, 3.8) is 0 Å². The second kappa shape index (κ2) is 6.48. The maximum absolute atomic E-state index is 4.44. The topological polar surface area (TPSA) is 28.2 Å². The van der Waals surface area contributed by atoms with E-state index in [9.17, 15) is 0 Å². The number of aryl methyl sites for hydroxylation is 1. The monoisotopic (exact) mass is 345 g/mol. The molecule has 3 rings (SSSR count). The zero-order chi connectivity index (χ0) is 14.7. The van der Waals surface area contributed by atoms with Crippen LogP contribution in [0.2, 0.25) is 0 Å². The molecule has 2 heterocycles. The Morgan fingerprint density at radius 3 is 2.67 bits per heavy atom. The zero-order valence-corrected chi connectivity index (χ0v) is 13.8. The van der Waals surface area contributed by atoms with E-state index in [0.717, 1.165) is 36.2 Å². The van der Waals surface area contributed by atoms with E-state index in [4.69, 9.17) is 0 Å². The van der Waals surface area contributed by atoms with Gasteiger partial charge in [-0.1, -0.05) is 22.0 Å². The first-order valence-corrected chi connectivity index (χ1v) is 8.20. The van der Waals surface area contributed by atoms with Crippen LogP contribution >= 0.6 is 15.9 Å². The summed E-state index contributed by atoms with van der Waals surface area (Å²) in [5, 5.41) is 3.68. The molecule has 3 nitrogen and oxygen atoms in total. The molecular weight excluding hydrogens is 326 g/mol. The lowest BCUT2D eigenvalue weighted by Gasteiger charge is -2.33. The summed E-state index contributed by atoms with van der Waals surface area (Å²) in [7, 11) is 0. The summed E-state index contributed by atoms with van der Waals surface area (Å²) in [6.07, 6.45) is 4.16. The third-order valence-electron chi connectivity index (χ3n) is 4.02. The fourth-order valence-corrected chi connectivity index (χ4v) is 3.28. The quantitative estimate of drug-likeness (QED) is 0.901. The molecule has 1 fully saturated rings. The van der Waals surface area contributed by atoms with Gasteiger partial charge in [-0.2, -0.15) is 0 Å². The molecule has 1 N–H and O–H groups in total. The number of halogens is 1. The molecule has 0 aliphatic carbocycles. The molecular formula is C17H20BrN3. The van der Waals surface area contributed by atoms with Gasteiger partial charge in [-0.15, -0.1) is 0 Å². The summed E-state index contributed by atoms with van der Waals surface area (Å²) in [5.74, 6) is 1.09. The van der Waals surface area contributed by atoms with Crippen molar-refractivity contribution >= 4 is 27.4 Å². The average molecular weight is 346 g/mol. The molecule has 0 amide bonds. The SMILES string of the molecule is Cc1cc(Br)ccc1NC1CCN(c2ccccn2)CC1. The Labute approximate surface area is 134 Å². The summed E-state index contributed by atoms with van der Waals surface area (Å²) in [5.41, 5.74) is 2.53. The first kappa shape index (κ1) is 14.4. The number of piperidine rings is 1. The molecule has 1 aromatic carbocycles. The summed E-state index contributed by atoms with van der Waals surface area (Å²) in [6.45, 7) is 4.27. The van der Waals surface area contributed by atoms with Gasteiger partial charge in [0.1, 0.15) is 5.82 Å². The number of anilines is 2. The van der Waals surface area contributed by atoms with Crippen LogP contribution in [0.3, 0.4) is 0 Å². The second-order valence-corrected chi connectivity index (χ2v) is 6.47. The number of rotatable bonds is 3. The highest BCUT2D eigenvalue weighted by atomic mass is 79.9. The predicted octanol–water partition coefficient (Wildman–Crippen LogP) is 4.23. The van der Waals surface area contributed by atoms with E-state index in [1.54, 1.807) is 0 Å². The number of pyridine rings is 1. The number of benzene rings is 1. The average Bonchev–Trinajstić information content (AvgIpc) is 2.52. The van der Waals surface area contributed by atoms with E-state index >= 15 is 0 Å². The van der Waals surface area contributed by atoms with Crippen molar-refractivity contribution in [2.75, 3.05) is 23.3 Å². The Balaban J connectivity index is 1.59. The fourth-order valence-electron chi connectivity index (χ4n) is 2.80. The van der Waals surface area contributed by atoms with Crippen LogP contribution in [0.15, 0.2) is 47.1 Å². The normalized spacial score (nSPS) is 16.0. The predicted molar refractivity (Wildman–Crippen MR) is 92.0 cm³/mol. The van der Waals surface area contributed by atoms with Crippen LogP contribution in [0.5, 0.6) is 0 Å². The molecule has 1 aromatic heterocycles. The van der Waals surface area contributed by atoms with Gasteiger partial charge in [-0.3, -0.25) is 0 Å². The number of hydrogen-bond donors (Lipinski definition) is 1. The Hall–Kier alpha value is -1.55. The molecule has 0 unspecified atom stereocenters. The van der Waals surface area contributed by atoms with Gasteiger partial charge in [-0.05, 0) is 55.7 Å². The van der Waals surface area contributed by atoms with Gasteiger partial charge in [0.15, 0.2) is 0 Å². The molecule has 0 atom stereocenters. The third-order valence-corrected chi connectivity index (χ3v) is 4.51. The molecule has 2 aromatic rings. The van der Waals surface area contributed by atoms with E-state index in [1.807, 2.05) is 12.3 Å². The van der Waals surface area contributed by atoms with Crippen LogP contribution in [0.25, 0.3) is 0 Å². The maximum Gasteiger partial charge on any atom is 0.128 e. The highest BCUT2D eigenvalue weighted by Crippen LogP contribution is 2.24.